The van der Waals surface area contributed by atoms with Crippen LogP contribution in [0.2, 0.25) is 0 Å². The van der Waals surface area contributed by atoms with Crippen molar-refractivity contribution >= 4 is 11.6 Å². The molecule has 0 bridgehead atoms. The summed E-state index contributed by atoms with van der Waals surface area (Å²) in [4.78, 5) is 15.4. The minimum atomic E-state index is -0.684. The average molecular weight is 389 g/mol. The summed E-state index contributed by atoms with van der Waals surface area (Å²) < 4.78 is 11.6. The topological polar surface area (TPSA) is 50.8 Å². The number of rotatable bonds is 7. The van der Waals surface area contributed by atoms with E-state index in [4.69, 9.17) is 9.47 Å². The molecule has 1 heterocycles. The van der Waals surface area contributed by atoms with Gasteiger partial charge in [-0.05, 0) is 63.4 Å². The molecule has 1 aromatic carbocycles. The Balaban J connectivity index is 1.48. The Labute approximate surface area is 169 Å². The van der Waals surface area contributed by atoms with E-state index in [0.29, 0.717) is 12.6 Å². The highest BCUT2D eigenvalue weighted by Gasteiger charge is 2.38. The van der Waals surface area contributed by atoms with E-state index in [1.54, 1.807) is 7.11 Å². The molecule has 0 unspecified atom stereocenters. The molecule has 1 N–H and O–H groups in total. The summed E-state index contributed by atoms with van der Waals surface area (Å²) in [5, 5.41) is 3.04. The van der Waals surface area contributed by atoms with Gasteiger partial charge < -0.3 is 14.8 Å². The van der Waals surface area contributed by atoms with Crippen molar-refractivity contribution in [1.82, 2.24) is 4.90 Å². The van der Waals surface area contributed by atoms with E-state index in [-0.39, 0.29) is 5.91 Å². The molecule has 2 aliphatic rings. The summed E-state index contributed by atoms with van der Waals surface area (Å²) in [6, 6.07) is 8.35. The van der Waals surface area contributed by atoms with E-state index in [1.807, 2.05) is 24.3 Å². The number of carbonyl (C=O) groups excluding carboxylic acids is 1. The van der Waals surface area contributed by atoms with Gasteiger partial charge in [-0.25, -0.2) is 0 Å². The second kappa shape index (κ2) is 10.3. The lowest BCUT2D eigenvalue weighted by atomic mass is 9.93. The fourth-order valence-electron chi connectivity index (χ4n) is 4.47. The molecule has 0 radical (unpaired) electrons. The van der Waals surface area contributed by atoms with Crippen molar-refractivity contribution in [3.8, 4) is 5.75 Å². The zero-order valence-corrected chi connectivity index (χ0v) is 17.5. The first-order valence-electron chi connectivity index (χ1n) is 11.0. The molecule has 1 aromatic rings. The molecule has 1 amide bonds. The first-order valence-corrected chi connectivity index (χ1v) is 11.0. The molecule has 1 aliphatic carbocycles. The van der Waals surface area contributed by atoms with Crippen molar-refractivity contribution in [2.75, 3.05) is 32.1 Å². The first-order chi connectivity index (χ1) is 13.6. The van der Waals surface area contributed by atoms with Crippen molar-refractivity contribution in [3.05, 3.63) is 24.3 Å². The molecule has 3 rings (SSSR count). The number of amides is 1. The van der Waals surface area contributed by atoms with E-state index in [1.165, 1.54) is 38.6 Å². The minimum Gasteiger partial charge on any atom is -0.492 e. The maximum atomic E-state index is 12.9. The first kappa shape index (κ1) is 21.1. The van der Waals surface area contributed by atoms with E-state index in [9.17, 15) is 4.79 Å². The van der Waals surface area contributed by atoms with Crippen molar-refractivity contribution < 1.29 is 14.3 Å². The summed E-state index contributed by atoms with van der Waals surface area (Å²) in [6.45, 7) is 5.15. The summed E-state index contributed by atoms with van der Waals surface area (Å²) in [5.41, 5.74) is 0.110. The van der Waals surface area contributed by atoms with Crippen molar-refractivity contribution in [2.24, 2.45) is 0 Å². The van der Waals surface area contributed by atoms with Crippen LogP contribution >= 0.6 is 0 Å². The van der Waals surface area contributed by atoms with Gasteiger partial charge in [-0.2, -0.15) is 0 Å². The van der Waals surface area contributed by atoms with Crippen LogP contribution in [0.1, 0.15) is 64.7 Å². The molecular weight excluding hydrogens is 352 g/mol. The summed E-state index contributed by atoms with van der Waals surface area (Å²) in [5.74, 6) is 0.822. The molecule has 1 atom stereocenters. The van der Waals surface area contributed by atoms with Gasteiger partial charge in [0, 0.05) is 25.4 Å². The molecule has 28 heavy (non-hydrogen) atoms. The molecule has 0 aromatic heterocycles. The normalized spacial score (nSPS) is 23.0. The standard InChI is InChI=1S/C23H36N2O3/c1-19-9-5-8-16-25(19)17-18-28-21-12-10-20(11-13-21)24-22(26)23(27-2)14-6-3-4-7-15-23/h10-13,19H,3-9,14-18H2,1-2H3,(H,24,26)/t19-/m1/s1. The summed E-state index contributed by atoms with van der Waals surface area (Å²) in [6.07, 6.45) is 9.97. The Morgan fingerprint density at radius 3 is 2.46 bits per heavy atom. The van der Waals surface area contributed by atoms with Crippen LogP contribution < -0.4 is 10.1 Å². The predicted molar refractivity (Wildman–Crippen MR) is 113 cm³/mol. The maximum absolute atomic E-state index is 12.9. The molecule has 1 aliphatic heterocycles. The zero-order valence-electron chi connectivity index (χ0n) is 17.5. The quantitative estimate of drug-likeness (QED) is 0.693. The Bertz CT molecular complexity index is 609. The van der Waals surface area contributed by atoms with Gasteiger partial charge in [-0.1, -0.05) is 32.1 Å². The maximum Gasteiger partial charge on any atom is 0.256 e. The van der Waals surface area contributed by atoms with Crippen LogP contribution in [-0.2, 0) is 9.53 Å². The second-order valence-corrected chi connectivity index (χ2v) is 8.32. The number of benzene rings is 1. The zero-order chi connectivity index (χ0) is 19.8. The van der Waals surface area contributed by atoms with Crippen molar-refractivity contribution in [3.63, 3.8) is 0 Å². The number of piperidine rings is 1. The number of hydrogen-bond acceptors (Lipinski definition) is 4. The van der Waals surface area contributed by atoms with Crippen LogP contribution in [-0.4, -0.2) is 49.3 Å². The lowest BCUT2D eigenvalue weighted by molar-refractivity contribution is -0.139. The predicted octanol–water partition coefficient (Wildman–Crippen LogP) is 4.62. The third kappa shape index (κ3) is 5.48. The fraction of sp³-hybridized carbons (Fsp3) is 0.696. The van der Waals surface area contributed by atoms with E-state index < -0.39 is 5.60 Å². The van der Waals surface area contributed by atoms with Gasteiger partial charge in [-0.15, -0.1) is 0 Å². The molecule has 5 heteroatoms. The average Bonchev–Trinajstić information content (AvgIpc) is 2.97. The SMILES string of the molecule is COC1(C(=O)Nc2ccc(OCCN3CCCC[C@H]3C)cc2)CCCCCC1. The van der Waals surface area contributed by atoms with Gasteiger partial charge >= 0.3 is 0 Å². The van der Waals surface area contributed by atoms with Gasteiger partial charge in [0.1, 0.15) is 18.0 Å². The summed E-state index contributed by atoms with van der Waals surface area (Å²) in [7, 11) is 1.66. The third-order valence-corrected chi connectivity index (χ3v) is 6.42. The Hall–Kier alpha value is -1.59. The van der Waals surface area contributed by atoms with Crippen molar-refractivity contribution in [2.45, 2.75) is 76.4 Å². The molecule has 5 nitrogen and oxygen atoms in total. The third-order valence-electron chi connectivity index (χ3n) is 6.42. The van der Waals surface area contributed by atoms with Crippen LogP contribution in [0.3, 0.4) is 0 Å². The highest BCUT2D eigenvalue weighted by atomic mass is 16.5. The molecule has 1 saturated carbocycles. The van der Waals surface area contributed by atoms with Gasteiger partial charge in [0.05, 0.1) is 0 Å². The van der Waals surface area contributed by atoms with Crippen LogP contribution in [0.5, 0.6) is 5.75 Å². The summed E-state index contributed by atoms with van der Waals surface area (Å²) >= 11 is 0. The van der Waals surface area contributed by atoms with Crippen LogP contribution in [0, 0.1) is 0 Å². The monoisotopic (exact) mass is 388 g/mol. The van der Waals surface area contributed by atoms with Gasteiger partial charge in [0.2, 0.25) is 0 Å². The highest BCUT2D eigenvalue weighted by molar-refractivity contribution is 5.97. The second-order valence-electron chi connectivity index (χ2n) is 8.32. The van der Waals surface area contributed by atoms with Crippen LogP contribution in [0.4, 0.5) is 5.69 Å². The minimum absolute atomic E-state index is 0.0235. The molecule has 2 fully saturated rings. The molecular formula is C23H36N2O3. The Morgan fingerprint density at radius 2 is 1.82 bits per heavy atom. The fourth-order valence-corrected chi connectivity index (χ4v) is 4.47. The van der Waals surface area contributed by atoms with Gasteiger partial charge in [0.15, 0.2) is 0 Å². The number of ether oxygens (including phenoxy) is 2. The number of anilines is 1. The van der Waals surface area contributed by atoms with E-state index in [2.05, 4.69) is 17.1 Å². The lowest BCUT2D eigenvalue weighted by Gasteiger charge is -2.33. The Morgan fingerprint density at radius 1 is 1.11 bits per heavy atom. The van der Waals surface area contributed by atoms with Crippen LogP contribution in [0.25, 0.3) is 0 Å². The van der Waals surface area contributed by atoms with Gasteiger partial charge in [0.25, 0.3) is 5.91 Å². The van der Waals surface area contributed by atoms with E-state index >= 15 is 0 Å². The lowest BCUT2D eigenvalue weighted by Crippen LogP contribution is -2.44. The highest BCUT2D eigenvalue weighted by Crippen LogP contribution is 2.31. The van der Waals surface area contributed by atoms with Crippen molar-refractivity contribution in [1.29, 1.82) is 0 Å². The number of carbonyl (C=O) groups is 1. The van der Waals surface area contributed by atoms with Crippen LogP contribution in [0.15, 0.2) is 24.3 Å². The number of nitrogens with one attached hydrogen (secondary N) is 1. The number of hydrogen-bond donors (Lipinski definition) is 1. The van der Waals surface area contributed by atoms with E-state index in [0.717, 1.165) is 43.7 Å². The number of methoxy groups -OCH3 is 1. The van der Waals surface area contributed by atoms with Gasteiger partial charge in [-0.3, -0.25) is 9.69 Å². The smallest absolute Gasteiger partial charge is 0.256 e. The molecule has 156 valence electrons. The molecule has 0 spiro atoms. The number of likely N-dealkylation sites (tertiary alicyclic amines) is 1. The molecule has 1 saturated heterocycles. The number of nitrogens with zero attached hydrogens (tertiary/aromatic N) is 1. The largest absolute Gasteiger partial charge is 0.492 e. The Kier molecular flexibility index (Phi) is 7.74.